The number of anilines is 1. The summed E-state index contributed by atoms with van der Waals surface area (Å²) in [6.45, 7) is 2.51. The van der Waals surface area contributed by atoms with E-state index in [0.29, 0.717) is 18.2 Å². The lowest BCUT2D eigenvalue weighted by Gasteiger charge is -2.08. The zero-order chi connectivity index (χ0) is 20.3. The van der Waals surface area contributed by atoms with Crippen LogP contribution < -0.4 is 10.0 Å². The number of hydrogen-bond acceptors (Lipinski definition) is 9. The number of nitrogens with zero attached hydrogens (tertiary/aromatic N) is 5. The van der Waals surface area contributed by atoms with Crippen LogP contribution in [0.2, 0.25) is 0 Å². The van der Waals surface area contributed by atoms with Crippen LogP contribution in [0.3, 0.4) is 0 Å². The Morgan fingerprint density at radius 3 is 2.86 bits per heavy atom. The van der Waals surface area contributed by atoms with E-state index in [1.165, 1.54) is 29.0 Å². The first-order valence-corrected chi connectivity index (χ1v) is 11.8. The third kappa shape index (κ3) is 4.67. The topological polar surface area (TPSA) is 115 Å². The number of thiazole rings is 1. The van der Waals surface area contributed by atoms with Crippen molar-refractivity contribution >= 4 is 38.5 Å². The van der Waals surface area contributed by atoms with Crippen molar-refractivity contribution in [3.05, 3.63) is 53.4 Å². The average Bonchev–Trinajstić information content (AvgIpc) is 3.46. The minimum atomic E-state index is -3.58. The molecular weight excluding hydrogens is 430 g/mol. The second-order valence-corrected chi connectivity index (χ2v) is 10.0. The molecule has 4 aromatic heterocycles. The fourth-order valence-electron chi connectivity index (χ4n) is 2.50. The highest BCUT2D eigenvalue weighted by Crippen LogP contribution is 2.31. The van der Waals surface area contributed by atoms with Gasteiger partial charge in [0.2, 0.25) is 10.0 Å². The smallest absolute Gasteiger partial charge is 0.250 e. The van der Waals surface area contributed by atoms with E-state index in [-0.39, 0.29) is 10.8 Å². The van der Waals surface area contributed by atoms with Crippen LogP contribution in [0.4, 0.5) is 5.82 Å². The lowest BCUT2D eigenvalue weighted by molar-refractivity contribution is 0.585. The molecule has 0 atom stereocenters. The molecule has 4 aromatic rings. The molecule has 0 unspecified atom stereocenters. The summed E-state index contributed by atoms with van der Waals surface area (Å²) in [5, 5.41) is 10.1. The fraction of sp³-hybridized carbons (Fsp3) is 0.176. The van der Waals surface area contributed by atoms with Gasteiger partial charge in [0.1, 0.15) is 16.4 Å². The number of thiophene rings is 1. The van der Waals surface area contributed by atoms with Gasteiger partial charge in [0, 0.05) is 36.9 Å². The maximum atomic E-state index is 12.5. The molecule has 150 valence electrons. The van der Waals surface area contributed by atoms with E-state index in [1.54, 1.807) is 41.3 Å². The Morgan fingerprint density at radius 2 is 2.10 bits per heavy atom. The second kappa shape index (κ2) is 8.37. The maximum absolute atomic E-state index is 12.5. The predicted octanol–water partition coefficient (Wildman–Crippen LogP) is 2.55. The Hall–Kier alpha value is -2.67. The molecule has 0 aromatic carbocycles. The Balaban J connectivity index is 1.33. The quantitative estimate of drug-likeness (QED) is 0.399. The van der Waals surface area contributed by atoms with Crippen molar-refractivity contribution in [3.63, 3.8) is 0 Å². The minimum Gasteiger partial charge on any atom is -0.369 e. The Kier molecular flexibility index (Phi) is 5.67. The Morgan fingerprint density at radius 1 is 1.21 bits per heavy atom. The van der Waals surface area contributed by atoms with E-state index in [2.05, 4.69) is 30.1 Å². The van der Waals surface area contributed by atoms with E-state index in [9.17, 15) is 8.42 Å². The highest BCUT2D eigenvalue weighted by molar-refractivity contribution is 7.91. The molecule has 0 saturated carbocycles. The molecule has 0 bridgehead atoms. The molecule has 0 spiro atoms. The van der Waals surface area contributed by atoms with Gasteiger partial charge >= 0.3 is 0 Å². The first-order chi connectivity index (χ1) is 14.0. The Bertz CT molecular complexity index is 1200. The van der Waals surface area contributed by atoms with Gasteiger partial charge in [-0.1, -0.05) is 0 Å². The second-order valence-electron chi connectivity index (χ2n) is 5.91. The van der Waals surface area contributed by atoms with Crippen molar-refractivity contribution in [2.75, 3.05) is 18.4 Å². The minimum absolute atomic E-state index is 0.215. The summed E-state index contributed by atoms with van der Waals surface area (Å²) < 4.78 is 29.5. The van der Waals surface area contributed by atoms with E-state index >= 15 is 0 Å². The zero-order valence-corrected chi connectivity index (χ0v) is 17.8. The molecule has 0 aliphatic rings. The molecule has 12 heteroatoms. The molecular formula is C17H17N7O2S3. The molecule has 0 radical (unpaired) electrons. The van der Waals surface area contributed by atoms with Crippen LogP contribution in [0.5, 0.6) is 0 Å². The number of rotatable bonds is 8. The van der Waals surface area contributed by atoms with Crippen LogP contribution in [0, 0.1) is 6.92 Å². The molecule has 9 nitrogen and oxygen atoms in total. The van der Waals surface area contributed by atoms with Crippen molar-refractivity contribution in [3.8, 4) is 16.4 Å². The van der Waals surface area contributed by atoms with Crippen molar-refractivity contribution in [1.29, 1.82) is 0 Å². The molecule has 0 aliphatic carbocycles. The van der Waals surface area contributed by atoms with E-state index in [1.807, 2.05) is 12.3 Å². The first-order valence-electron chi connectivity index (χ1n) is 8.59. The average molecular weight is 448 g/mol. The number of sulfonamides is 1. The lowest BCUT2D eigenvalue weighted by Crippen LogP contribution is -2.28. The summed E-state index contributed by atoms with van der Waals surface area (Å²) in [6.07, 6.45) is 4.87. The van der Waals surface area contributed by atoms with Crippen molar-refractivity contribution in [2.45, 2.75) is 11.1 Å². The van der Waals surface area contributed by atoms with Gasteiger partial charge in [0.25, 0.3) is 0 Å². The highest BCUT2D eigenvalue weighted by Gasteiger charge is 2.17. The summed E-state index contributed by atoms with van der Waals surface area (Å²) in [6, 6.07) is 6.92. The van der Waals surface area contributed by atoms with Crippen LogP contribution in [0.15, 0.2) is 52.6 Å². The third-order valence-electron chi connectivity index (χ3n) is 3.83. The van der Waals surface area contributed by atoms with Crippen molar-refractivity contribution in [2.24, 2.45) is 0 Å². The summed E-state index contributed by atoms with van der Waals surface area (Å²) in [4.78, 5) is 13.5. The van der Waals surface area contributed by atoms with Gasteiger partial charge in [0.15, 0.2) is 5.82 Å². The summed E-state index contributed by atoms with van der Waals surface area (Å²) in [5.41, 5.74) is 0.803. The molecule has 0 fully saturated rings. The largest absolute Gasteiger partial charge is 0.369 e. The molecule has 4 rings (SSSR count). The van der Waals surface area contributed by atoms with Crippen molar-refractivity contribution < 1.29 is 8.42 Å². The molecule has 0 amide bonds. The number of hydrogen-bond donors (Lipinski definition) is 2. The highest BCUT2D eigenvalue weighted by atomic mass is 32.2. The monoisotopic (exact) mass is 447 g/mol. The standard InChI is InChI=1S/C17H17N7O2S3/c1-12-23-13(10-27-12)14-3-4-17(28-14)29(25,26)22-7-6-18-15-9-16(20-11-19-15)24-8-2-5-21-24/h2-5,8-11,22H,6-7H2,1H3,(H,18,19,20). The molecule has 0 aliphatic heterocycles. The van der Waals surface area contributed by atoms with Gasteiger partial charge in [-0.15, -0.1) is 22.7 Å². The van der Waals surface area contributed by atoms with Gasteiger partial charge in [-0.05, 0) is 25.1 Å². The van der Waals surface area contributed by atoms with Gasteiger partial charge < -0.3 is 5.32 Å². The Labute approximate surface area is 175 Å². The molecule has 4 heterocycles. The third-order valence-corrected chi connectivity index (χ3v) is 7.67. The lowest BCUT2D eigenvalue weighted by atomic mass is 10.4. The van der Waals surface area contributed by atoms with Crippen LogP contribution in [-0.2, 0) is 10.0 Å². The van der Waals surface area contributed by atoms with Gasteiger partial charge in [-0.25, -0.2) is 32.8 Å². The maximum Gasteiger partial charge on any atom is 0.250 e. The predicted molar refractivity (Wildman–Crippen MR) is 113 cm³/mol. The van der Waals surface area contributed by atoms with Crippen LogP contribution in [0.25, 0.3) is 16.4 Å². The van der Waals surface area contributed by atoms with Crippen LogP contribution in [-0.4, -0.2) is 46.2 Å². The molecule has 2 N–H and O–H groups in total. The number of nitrogens with one attached hydrogen (secondary N) is 2. The van der Waals surface area contributed by atoms with E-state index in [0.717, 1.165) is 15.6 Å². The van der Waals surface area contributed by atoms with Crippen molar-refractivity contribution in [1.82, 2.24) is 29.5 Å². The SMILES string of the molecule is Cc1nc(-c2ccc(S(=O)(=O)NCCNc3cc(-n4cccn4)ncn3)s2)cs1. The molecule has 0 saturated heterocycles. The fourth-order valence-corrected chi connectivity index (χ4v) is 5.53. The summed E-state index contributed by atoms with van der Waals surface area (Å²) >= 11 is 2.74. The van der Waals surface area contributed by atoms with Crippen LogP contribution in [0.1, 0.15) is 5.01 Å². The normalized spacial score (nSPS) is 11.6. The zero-order valence-electron chi connectivity index (χ0n) is 15.3. The number of aromatic nitrogens is 5. The van der Waals surface area contributed by atoms with Gasteiger partial charge in [-0.2, -0.15) is 5.10 Å². The van der Waals surface area contributed by atoms with Gasteiger partial charge in [0.05, 0.1) is 15.6 Å². The van der Waals surface area contributed by atoms with Gasteiger partial charge in [-0.3, -0.25) is 0 Å². The first kappa shape index (κ1) is 19.6. The van der Waals surface area contributed by atoms with E-state index in [4.69, 9.17) is 0 Å². The summed E-state index contributed by atoms with van der Waals surface area (Å²) in [7, 11) is -3.58. The number of aryl methyl sites for hydroxylation is 1. The van der Waals surface area contributed by atoms with Crippen LogP contribution >= 0.6 is 22.7 Å². The summed E-state index contributed by atoms with van der Waals surface area (Å²) in [5.74, 6) is 1.21. The molecule has 29 heavy (non-hydrogen) atoms. The van der Waals surface area contributed by atoms with E-state index < -0.39 is 10.0 Å².